The summed E-state index contributed by atoms with van der Waals surface area (Å²) in [5.74, 6) is 1.11. The number of nitrogens with zero attached hydrogens (tertiary/aromatic N) is 1. The number of hydrogen-bond donors (Lipinski definition) is 1. The van der Waals surface area contributed by atoms with Gasteiger partial charge in [-0.15, -0.1) is 0 Å². The first kappa shape index (κ1) is 17.0. The van der Waals surface area contributed by atoms with Gasteiger partial charge in [-0.1, -0.05) is 0 Å². The van der Waals surface area contributed by atoms with Gasteiger partial charge >= 0.3 is 0 Å². The van der Waals surface area contributed by atoms with Gasteiger partial charge in [0, 0.05) is 44.7 Å². The van der Waals surface area contributed by atoms with E-state index in [9.17, 15) is 4.79 Å². The van der Waals surface area contributed by atoms with Crippen LogP contribution in [0.4, 0.5) is 0 Å². The Balaban J connectivity index is 2.01. The topological polar surface area (TPSA) is 41.6 Å². The molecule has 1 aliphatic heterocycles. The average molecular weight is 304 g/mol. The highest BCUT2D eigenvalue weighted by molar-refractivity contribution is 5.98. The minimum Gasteiger partial charge on any atom is -0.491 e. The summed E-state index contributed by atoms with van der Waals surface area (Å²) in [6.45, 7) is 13.0. The number of ether oxygens (including phenoxy) is 1. The van der Waals surface area contributed by atoms with Gasteiger partial charge in [0.2, 0.25) is 0 Å². The standard InChI is InChI=1S/C18H28N2O2/c1-13(2)22-18-6-5-16(14(3)15(18)4)17(21)7-10-20-11-8-19-9-12-20/h5-6,13,19H,7-12H2,1-4H3. The monoisotopic (exact) mass is 304 g/mol. The van der Waals surface area contributed by atoms with Crippen LogP contribution in [0.2, 0.25) is 0 Å². The first-order chi connectivity index (χ1) is 10.5. The number of piperazine rings is 1. The molecule has 1 aromatic carbocycles. The third-order valence-electron chi connectivity index (χ3n) is 4.27. The zero-order chi connectivity index (χ0) is 16.1. The summed E-state index contributed by atoms with van der Waals surface area (Å²) in [6.07, 6.45) is 0.734. The fourth-order valence-electron chi connectivity index (χ4n) is 2.81. The number of carbonyl (C=O) groups is 1. The van der Waals surface area contributed by atoms with E-state index in [1.807, 2.05) is 39.8 Å². The molecule has 2 rings (SSSR count). The minimum absolute atomic E-state index is 0.146. The maximum Gasteiger partial charge on any atom is 0.164 e. The molecule has 4 heteroatoms. The Hall–Kier alpha value is -1.39. The molecule has 0 bridgehead atoms. The Morgan fingerprint density at radius 2 is 1.91 bits per heavy atom. The van der Waals surface area contributed by atoms with E-state index in [2.05, 4.69) is 10.2 Å². The molecule has 1 N–H and O–H groups in total. The van der Waals surface area contributed by atoms with Crippen molar-refractivity contribution in [3.05, 3.63) is 28.8 Å². The molecule has 0 radical (unpaired) electrons. The second kappa shape index (κ2) is 7.75. The summed E-state index contributed by atoms with van der Waals surface area (Å²) in [6, 6.07) is 3.85. The zero-order valence-corrected chi connectivity index (χ0v) is 14.2. The van der Waals surface area contributed by atoms with Crippen LogP contribution in [0.15, 0.2) is 12.1 Å². The molecule has 0 aliphatic carbocycles. The summed E-state index contributed by atoms with van der Waals surface area (Å²) in [5, 5.41) is 3.33. The summed E-state index contributed by atoms with van der Waals surface area (Å²) < 4.78 is 5.79. The number of nitrogens with one attached hydrogen (secondary N) is 1. The molecular formula is C18H28N2O2. The molecule has 0 spiro atoms. The van der Waals surface area contributed by atoms with Crippen LogP contribution in [0.1, 0.15) is 41.8 Å². The van der Waals surface area contributed by atoms with Gasteiger partial charge in [0.25, 0.3) is 0 Å². The predicted octanol–water partition coefficient (Wildman–Crippen LogP) is 2.57. The van der Waals surface area contributed by atoms with E-state index in [0.29, 0.717) is 6.42 Å². The first-order valence-corrected chi connectivity index (χ1v) is 8.22. The van der Waals surface area contributed by atoms with Gasteiger partial charge in [-0.2, -0.15) is 0 Å². The van der Waals surface area contributed by atoms with Crippen LogP contribution in [0.3, 0.4) is 0 Å². The fraction of sp³-hybridized carbons (Fsp3) is 0.611. The maximum atomic E-state index is 12.5. The van der Waals surface area contributed by atoms with E-state index in [0.717, 1.165) is 55.2 Å². The van der Waals surface area contributed by atoms with Crippen LogP contribution in [0.25, 0.3) is 0 Å². The number of Topliss-reactive ketones (excluding diaryl/α,β-unsaturated/α-hetero) is 1. The summed E-state index contributed by atoms with van der Waals surface area (Å²) >= 11 is 0. The van der Waals surface area contributed by atoms with E-state index in [1.165, 1.54) is 0 Å². The third kappa shape index (κ3) is 4.31. The Bertz CT molecular complexity index is 520. The van der Waals surface area contributed by atoms with Crippen molar-refractivity contribution >= 4 is 5.78 Å². The quantitative estimate of drug-likeness (QED) is 0.820. The van der Waals surface area contributed by atoms with Crippen LogP contribution in [0.5, 0.6) is 5.75 Å². The fourth-order valence-corrected chi connectivity index (χ4v) is 2.81. The van der Waals surface area contributed by atoms with Crippen LogP contribution < -0.4 is 10.1 Å². The van der Waals surface area contributed by atoms with Crippen molar-refractivity contribution in [2.24, 2.45) is 0 Å². The van der Waals surface area contributed by atoms with Crippen LogP contribution >= 0.6 is 0 Å². The summed E-state index contributed by atoms with van der Waals surface area (Å²) in [5.41, 5.74) is 2.95. The molecule has 1 heterocycles. The van der Waals surface area contributed by atoms with Crippen molar-refractivity contribution in [2.75, 3.05) is 32.7 Å². The smallest absolute Gasteiger partial charge is 0.164 e. The van der Waals surface area contributed by atoms with E-state index in [1.54, 1.807) is 0 Å². The number of carbonyl (C=O) groups excluding carboxylic acids is 1. The van der Waals surface area contributed by atoms with E-state index in [4.69, 9.17) is 4.74 Å². The van der Waals surface area contributed by atoms with Crippen molar-refractivity contribution in [2.45, 2.75) is 40.2 Å². The Labute approximate surface area is 133 Å². The van der Waals surface area contributed by atoms with Crippen molar-refractivity contribution in [3.63, 3.8) is 0 Å². The predicted molar refractivity (Wildman–Crippen MR) is 89.9 cm³/mol. The third-order valence-corrected chi connectivity index (χ3v) is 4.27. The van der Waals surface area contributed by atoms with Gasteiger partial charge in [0.05, 0.1) is 6.10 Å². The lowest BCUT2D eigenvalue weighted by molar-refractivity contribution is 0.0960. The molecule has 0 saturated carbocycles. The van der Waals surface area contributed by atoms with Gasteiger partial charge in [-0.05, 0) is 51.0 Å². The molecule has 0 unspecified atom stereocenters. The SMILES string of the molecule is Cc1c(OC(C)C)ccc(C(=O)CCN2CCNCC2)c1C. The van der Waals surface area contributed by atoms with Crippen molar-refractivity contribution in [1.82, 2.24) is 10.2 Å². The molecule has 1 fully saturated rings. The Morgan fingerprint density at radius 1 is 1.23 bits per heavy atom. The molecule has 122 valence electrons. The van der Waals surface area contributed by atoms with E-state index >= 15 is 0 Å². The molecular weight excluding hydrogens is 276 g/mol. The second-order valence-electron chi connectivity index (χ2n) is 6.29. The molecule has 22 heavy (non-hydrogen) atoms. The largest absolute Gasteiger partial charge is 0.491 e. The van der Waals surface area contributed by atoms with E-state index < -0.39 is 0 Å². The van der Waals surface area contributed by atoms with Crippen LogP contribution in [-0.2, 0) is 0 Å². The molecule has 1 saturated heterocycles. The summed E-state index contributed by atoms with van der Waals surface area (Å²) in [4.78, 5) is 14.9. The van der Waals surface area contributed by atoms with Gasteiger partial charge in [0.15, 0.2) is 5.78 Å². The number of ketones is 1. The molecule has 0 aromatic heterocycles. The van der Waals surface area contributed by atoms with Gasteiger partial charge in [-0.3, -0.25) is 4.79 Å². The van der Waals surface area contributed by atoms with Crippen LogP contribution in [-0.4, -0.2) is 49.5 Å². The highest BCUT2D eigenvalue weighted by Crippen LogP contribution is 2.26. The Morgan fingerprint density at radius 3 is 2.55 bits per heavy atom. The van der Waals surface area contributed by atoms with Crippen LogP contribution in [0, 0.1) is 13.8 Å². The molecule has 4 nitrogen and oxygen atoms in total. The molecule has 1 aliphatic rings. The molecule has 0 amide bonds. The maximum absolute atomic E-state index is 12.5. The van der Waals surface area contributed by atoms with Gasteiger partial charge in [-0.25, -0.2) is 0 Å². The highest BCUT2D eigenvalue weighted by atomic mass is 16.5. The van der Waals surface area contributed by atoms with Crippen molar-refractivity contribution in [1.29, 1.82) is 0 Å². The van der Waals surface area contributed by atoms with Crippen molar-refractivity contribution < 1.29 is 9.53 Å². The second-order valence-corrected chi connectivity index (χ2v) is 6.29. The Kier molecular flexibility index (Phi) is 5.98. The van der Waals surface area contributed by atoms with E-state index in [-0.39, 0.29) is 11.9 Å². The number of rotatable bonds is 6. The van der Waals surface area contributed by atoms with Gasteiger partial charge < -0.3 is 15.0 Å². The highest BCUT2D eigenvalue weighted by Gasteiger charge is 2.16. The molecule has 1 aromatic rings. The summed E-state index contributed by atoms with van der Waals surface area (Å²) in [7, 11) is 0. The lowest BCUT2D eigenvalue weighted by Gasteiger charge is -2.26. The lowest BCUT2D eigenvalue weighted by Crippen LogP contribution is -2.44. The lowest BCUT2D eigenvalue weighted by atomic mass is 9.97. The number of hydrogen-bond acceptors (Lipinski definition) is 4. The zero-order valence-electron chi connectivity index (χ0n) is 14.2. The molecule has 0 atom stereocenters. The van der Waals surface area contributed by atoms with Gasteiger partial charge in [0.1, 0.15) is 5.75 Å². The first-order valence-electron chi connectivity index (χ1n) is 8.22. The average Bonchev–Trinajstić information content (AvgIpc) is 2.50. The minimum atomic E-state index is 0.146. The normalized spacial score (nSPS) is 16.0. The number of benzene rings is 1. The van der Waals surface area contributed by atoms with Crippen molar-refractivity contribution in [3.8, 4) is 5.75 Å².